The van der Waals surface area contributed by atoms with Crippen LogP contribution in [0.15, 0.2) is 24.3 Å². The zero-order valence-electron chi connectivity index (χ0n) is 15.8. The first kappa shape index (κ1) is 19.7. The van der Waals surface area contributed by atoms with Crippen LogP contribution in [0.1, 0.15) is 51.0 Å². The summed E-state index contributed by atoms with van der Waals surface area (Å²) in [7, 11) is 0. The fraction of sp³-hybridized carbons (Fsp3) is 0.667. The predicted octanol–water partition coefficient (Wildman–Crippen LogP) is 3.75. The zero-order chi connectivity index (χ0) is 18.6. The van der Waals surface area contributed by atoms with Gasteiger partial charge in [-0.3, -0.25) is 9.69 Å². The van der Waals surface area contributed by atoms with Crippen molar-refractivity contribution in [2.24, 2.45) is 11.7 Å². The van der Waals surface area contributed by atoms with Gasteiger partial charge >= 0.3 is 5.97 Å². The van der Waals surface area contributed by atoms with Crippen LogP contribution in [0.5, 0.6) is 0 Å². The number of esters is 1. The average molecular weight is 379 g/mol. The van der Waals surface area contributed by atoms with Crippen LogP contribution >= 0.6 is 11.6 Å². The van der Waals surface area contributed by atoms with Crippen LogP contribution in [0.2, 0.25) is 5.02 Å². The van der Waals surface area contributed by atoms with Crippen LogP contribution in [0.25, 0.3) is 0 Å². The Bertz CT molecular complexity index is 614. The second-order valence-corrected chi connectivity index (χ2v) is 8.25. The molecule has 2 fully saturated rings. The van der Waals surface area contributed by atoms with E-state index in [1.807, 2.05) is 19.1 Å². The number of ether oxygens (including phenoxy) is 1. The zero-order valence-corrected chi connectivity index (χ0v) is 16.5. The number of carbonyl (C=O) groups is 1. The minimum absolute atomic E-state index is 0.0248. The van der Waals surface area contributed by atoms with Crippen molar-refractivity contribution in [2.45, 2.75) is 56.9 Å². The molecule has 2 N–H and O–H groups in total. The monoisotopic (exact) mass is 378 g/mol. The number of likely N-dealkylation sites (tertiary alicyclic amines) is 1. The summed E-state index contributed by atoms with van der Waals surface area (Å²) in [6.07, 6.45) is 6.44. The first-order valence-corrected chi connectivity index (χ1v) is 10.3. The van der Waals surface area contributed by atoms with E-state index in [1.54, 1.807) is 0 Å². The maximum Gasteiger partial charge on any atom is 0.310 e. The molecule has 0 bridgehead atoms. The summed E-state index contributed by atoms with van der Waals surface area (Å²) in [6, 6.07) is 8.73. The Morgan fingerprint density at radius 1 is 1.35 bits per heavy atom. The highest BCUT2D eigenvalue weighted by Gasteiger charge is 2.39. The molecule has 2 aliphatic rings. The number of halogens is 1. The van der Waals surface area contributed by atoms with Gasteiger partial charge in [0.2, 0.25) is 0 Å². The molecule has 0 spiro atoms. The van der Waals surface area contributed by atoms with E-state index in [1.165, 1.54) is 5.56 Å². The Morgan fingerprint density at radius 2 is 2.12 bits per heavy atom. The fourth-order valence-electron chi connectivity index (χ4n) is 4.74. The average Bonchev–Trinajstić information content (AvgIpc) is 2.68. The highest BCUT2D eigenvalue weighted by atomic mass is 35.5. The summed E-state index contributed by atoms with van der Waals surface area (Å²) in [5.74, 6) is 0.0149. The van der Waals surface area contributed by atoms with E-state index in [-0.39, 0.29) is 17.3 Å². The molecule has 1 heterocycles. The van der Waals surface area contributed by atoms with Gasteiger partial charge in [0, 0.05) is 29.6 Å². The maximum atomic E-state index is 12.1. The smallest absolute Gasteiger partial charge is 0.310 e. The summed E-state index contributed by atoms with van der Waals surface area (Å²) in [4.78, 5) is 14.6. The van der Waals surface area contributed by atoms with Gasteiger partial charge in [-0.2, -0.15) is 0 Å². The molecule has 1 aliphatic heterocycles. The number of carbonyl (C=O) groups excluding carboxylic acids is 1. The van der Waals surface area contributed by atoms with E-state index in [0.29, 0.717) is 19.2 Å². The summed E-state index contributed by atoms with van der Waals surface area (Å²) in [6.45, 7) is 4.94. The number of hydrogen-bond acceptors (Lipinski definition) is 4. The third-order valence-corrected chi connectivity index (χ3v) is 6.56. The van der Waals surface area contributed by atoms with Crippen LogP contribution in [0.4, 0.5) is 0 Å². The Hall–Kier alpha value is -1.10. The highest BCUT2D eigenvalue weighted by Crippen LogP contribution is 2.41. The lowest BCUT2D eigenvalue weighted by atomic mass is 9.68. The molecule has 0 radical (unpaired) electrons. The van der Waals surface area contributed by atoms with Crippen LogP contribution in [-0.4, -0.2) is 43.2 Å². The molecule has 3 rings (SSSR count). The number of piperidine rings is 1. The molecule has 0 amide bonds. The van der Waals surface area contributed by atoms with E-state index in [2.05, 4.69) is 17.0 Å². The lowest BCUT2D eigenvalue weighted by molar-refractivity contribution is -0.150. The third-order valence-electron chi connectivity index (χ3n) is 6.33. The van der Waals surface area contributed by atoms with E-state index in [9.17, 15) is 4.79 Å². The molecule has 144 valence electrons. The van der Waals surface area contributed by atoms with Crippen LogP contribution in [-0.2, 0) is 14.9 Å². The maximum absolute atomic E-state index is 12.1. The Balaban J connectivity index is 1.63. The first-order valence-electron chi connectivity index (χ1n) is 9.95. The Labute approximate surface area is 162 Å². The third kappa shape index (κ3) is 4.24. The van der Waals surface area contributed by atoms with E-state index in [4.69, 9.17) is 22.1 Å². The van der Waals surface area contributed by atoms with Crippen LogP contribution < -0.4 is 5.73 Å². The van der Waals surface area contributed by atoms with Gasteiger partial charge in [-0.25, -0.2) is 0 Å². The van der Waals surface area contributed by atoms with Crippen molar-refractivity contribution in [3.8, 4) is 0 Å². The molecule has 1 aliphatic carbocycles. The molecule has 1 atom stereocenters. The van der Waals surface area contributed by atoms with E-state index in [0.717, 1.165) is 56.6 Å². The normalized spacial score (nSPS) is 30.1. The number of benzene rings is 1. The number of nitrogens with two attached hydrogens (primary N) is 1. The topological polar surface area (TPSA) is 55.6 Å². The lowest BCUT2D eigenvalue weighted by Gasteiger charge is -2.45. The lowest BCUT2D eigenvalue weighted by Crippen LogP contribution is -2.49. The van der Waals surface area contributed by atoms with Crippen molar-refractivity contribution in [1.82, 2.24) is 4.90 Å². The first-order chi connectivity index (χ1) is 12.6. The van der Waals surface area contributed by atoms with Crippen molar-refractivity contribution in [2.75, 3.05) is 26.2 Å². The van der Waals surface area contributed by atoms with Crippen molar-refractivity contribution in [3.05, 3.63) is 34.9 Å². The van der Waals surface area contributed by atoms with Gasteiger partial charge in [-0.15, -0.1) is 0 Å². The molecule has 1 saturated carbocycles. The minimum Gasteiger partial charge on any atom is -0.466 e. The van der Waals surface area contributed by atoms with Crippen LogP contribution in [0, 0.1) is 5.92 Å². The number of nitrogens with zero attached hydrogens (tertiary/aromatic N) is 1. The SMILES string of the molecule is CCOC(=O)C1CCCN(C2CCC(CN)(c3cccc(Cl)c3)CC2)C1. The molecule has 1 aromatic rings. The van der Waals surface area contributed by atoms with E-state index < -0.39 is 0 Å². The summed E-state index contributed by atoms with van der Waals surface area (Å²) in [5.41, 5.74) is 7.53. The molecule has 1 unspecified atom stereocenters. The van der Waals surface area contributed by atoms with Gasteiger partial charge in [0.05, 0.1) is 12.5 Å². The van der Waals surface area contributed by atoms with Gasteiger partial charge in [0.25, 0.3) is 0 Å². The summed E-state index contributed by atoms with van der Waals surface area (Å²) >= 11 is 6.21. The Kier molecular flexibility index (Phi) is 6.60. The molecule has 0 aromatic heterocycles. The number of rotatable bonds is 5. The van der Waals surface area contributed by atoms with Crippen molar-refractivity contribution in [1.29, 1.82) is 0 Å². The minimum atomic E-state index is -0.0248. The second-order valence-electron chi connectivity index (χ2n) is 7.81. The Morgan fingerprint density at radius 3 is 2.77 bits per heavy atom. The van der Waals surface area contributed by atoms with Gasteiger partial charge in [-0.05, 0) is 69.7 Å². The highest BCUT2D eigenvalue weighted by molar-refractivity contribution is 6.30. The molecular weight excluding hydrogens is 348 g/mol. The van der Waals surface area contributed by atoms with Crippen molar-refractivity contribution >= 4 is 17.6 Å². The van der Waals surface area contributed by atoms with Crippen LogP contribution in [0.3, 0.4) is 0 Å². The standard InChI is InChI=1S/C21H31ClN2O2/c1-2-26-20(25)16-5-4-12-24(14-16)19-8-10-21(15-23,11-9-19)17-6-3-7-18(22)13-17/h3,6-7,13,16,19H,2,4-5,8-12,14-15,23H2,1H3. The van der Waals surface area contributed by atoms with Gasteiger partial charge in [0.1, 0.15) is 0 Å². The summed E-state index contributed by atoms with van der Waals surface area (Å²) < 4.78 is 5.24. The molecular formula is C21H31ClN2O2. The second kappa shape index (κ2) is 8.73. The molecule has 1 aromatic carbocycles. The molecule has 5 heteroatoms. The van der Waals surface area contributed by atoms with Gasteiger partial charge < -0.3 is 10.5 Å². The fourth-order valence-corrected chi connectivity index (χ4v) is 4.93. The van der Waals surface area contributed by atoms with Crippen molar-refractivity contribution < 1.29 is 9.53 Å². The van der Waals surface area contributed by atoms with Crippen molar-refractivity contribution in [3.63, 3.8) is 0 Å². The predicted molar refractivity (Wildman–Crippen MR) is 105 cm³/mol. The van der Waals surface area contributed by atoms with Gasteiger partial charge in [0.15, 0.2) is 0 Å². The quantitative estimate of drug-likeness (QED) is 0.792. The molecule has 26 heavy (non-hydrogen) atoms. The largest absolute Gasteiger partial charge is 0.466 e. The van der Waals surface area contributed by atoms with Gasteiger partial charge in [-0.1, -0.05) is 23.7 Å². The van der Waals surface area contributed by atoms with E-state index >= 15 is 0 Å². The summed E-state index contributed by atoms with van der Waals surface area (Å²) in [5, 5.41) is 0.783. The molecule has 4 nitrogen and oxygen atoms in total. The number of hydrogen-bond donors (Lipinski definition) is 1. The molecule has 1 saturated heterocycles.